The predicted molar refractivity (Wildman–Crippen MR) is 55.9 cm³/mol. The van der Waals surface area contributed by atoms with Gasteiger partial charge in [-0.1, -0.05) is 39.7 Å². The summed E-state index contributed by atoms with van der Waals surface area (Å²) in [5.41, 5.74) is 0.911. The van der Waals surface area contributed by atoms with Crippen LogP contribution in [0.15, 0.2) is 24.3 Å². The van der Waals surface area contributed by atoms with Crippen molar-refractivity contribution in [1.29, 1.82) is 0 Å². The van der Waals surface area contributed by atoms with Crippen LogP contribution < -0.4 is 0 Å². The average Bonchev–Trinajstić information content (AvgIpc) is 2.03. The second-order valence-corrected chi connectivity index (χ2v) is 3.32. The Morgan fingerprint density at radius 3 is 2.83 bits per heavy atom. The lowest BCUT2D eigenvalue weighted by Gasteiger charge is -1.97. The highest BCUT2D eigenvalue weighted by molar-refractivity contribution is 9.09. The fourth-order valence-electron chi connectivity index (χ4n) is 0.823. The van der Waals surface area contributed by atoms with Crippen molar-refractivity contribution in [3.05, 3.63) is 34.9 Å². The Balaban J connectivity index is 2.94. The van der Waals surface area contributed by atoms with Gasteiger partial charge in [0, 0.05) is 5.33 Å². The van der Waals surface area contributed by atoms with Gasteiger partial charge in [-0.15, -0.1) is 0 Å². The second-order valence-electron chi connectivity index (χ2n) is 2.26. The highest BCUT2D eigenvalue weighted by Gasteiger charge is 1.96. The lowest BCUT2D eigenvalue weighted by atomic mass is 10.2. The summed E-state index contributed by atoms with van der Waals surface area (Å²) >= 11 is 9.11. The van der Waals surface area contributed by atoms with Gasteiger partial charge in [-0.3, -0.25) is 0 Å². The highest BCUT2D eigenvalue weighted by atomic mass is 79.9. The molecule has 0 amide bonds. The molecule has 0 fully saturated rings. The first-order valence-corrected chi connectivity index (χ1v) is 4.95. The van der Waals surface area contributed by atoms with E-state index < -0.39 is 0 Å². The normalized spacial score (nSPS) is 10.8. The van der Waals surface area contributed by atoms with Crippen molar-refractivity contribution in [3.8, 4) is 5.75 Å². The Morgan fingerprint density at radius 1 is 1.50 bits per heavy atom. The standard InChI is InChI=1S/C9H8BrClO/c10-5-1-2-7-3-4-8(12)6-9(7)11/h1-4,6,12H,5H2. The van der Waals surface area contributed by atoms with Crippen molar-refractivity contribution >= 4 is 33.6 Å². The van der Waals surface area contributed by atoms with Crippen LogP contribution in [0.5, 0.6) is 5.75 Å². The number of benzene rings is 1. The molecule has 0 heterocycles. The molecule has 64 valence electrons. The third kappa shape index (κ3) is 2.54. The molecule has 0 saturated carbocycles. The summed E-state index contributed by atoms with van der Waals surface area (Å²) in [4.78, 5) is 0. The summed E-state index contributed by atoms with van der Waals surface area (Å²) in [5.74, 6) is 0.191. The maximum atomic E-state index is 9.05. The molecule has 1 nitrogen and oxygen atoms in total. The third-order valence-electron chi connectivity index (χ3n) is 1.37. The maximum absolute atomic E-state index is 9.05. The number of allylic oxidation sites excluding steroid dienone is 1. The van der Waals surface area contributed by atoms with E-state index in [1.807, 2.05) is 12.2 Å². The van der Waals surface area contributed by atoms with Crippen LogP contribution in [0.25, 0.3) is 6.08 Å². The molecular formula is C9H8BrClO. The van der Waals surface area contributed by atoms with Crippen LogP contribution in [0, 0.1) is 0 Å². The zero-order chi connectivity index (χ0) is 8.97. The first-order valence-electron chi connectivity index (χ1n) is 3.45. The summed E-state index contributed by atoms with van der Waals surface area (Å²) in [7, 11) is 0. The summed E-state index contributed by atoms with van der Waals surface area (Å²) < 4.78 is 0. The van der Waals surface area contributed by atoms with Gasteiger partial charge in [0.2, 0.25) is 0 Å². The zero-order valence-electron chi connectivity index (χ0n) is 6.30. The number of hydrogen-bond acceptors (Lipinski definition) is 1. The van der Waals surface area contributed by atoms with Crippen molar-refractivity contribution in [2.75, 3.05) is 5.33 Å². The fraction of sp³-hybridized carbons (Fsp3) is 0.111. The Kier molecular flexibility index (Phi) is 3.63. The lowest BCUT2D eigenvalue weighted by molar-refractivity contribution is 0.475. The minimum absolute atomic E-state index is 0.191. The molecule has 0 atom stereocenters. The molecular weight excluding hydrogens is 239 g/mol. The second kappa shape index (κ2) is 4.53. The van der Waals surface area contributed by atoms with Gasteiger partial charge < -0.3 is 5.11 Å². The van der Waals surface area contributed by atoms with Gasteiger partial charge in [-0.25, -0.2) is 0 Å². The van der Waals surface area contributed by atoms with Crippen LogP contribution in [0.3, 0.4) is 0 Å². The van der Waals surface area contributed by atoms with E-state index in [2.05, 4.69) is 15.9 Å². The quantitative estimate of drug-likeness (QED) is 0.794. The molecule has 3 heteroatoms. The summed E-state index contributed by atoms with van der Waals surface area (Å²) in [6.45, 7) is 0. The van der Waals surface area contributed by atoms with Crippen molar-refractivity contribution in [2.45, 2.75) is 0 Å². The number of hydrogen-bond donors (Lipinski definition) is 1. The van der Waals surface area contributed by atoms with Crippen LogP contribution in [0.1, 0.15) is 5.56 Å². The van der Waals surface area contributed by atoms with Gasteiger partial charge >= 0.3 is 0 Å². The summed E-state index contributed by atoms with van der Waals surface area (Å²) in [6, 6.07) is 4.91. The molecule has 0 aromatic heterocycles. The zero-order valence-corrected chi connectivity index (χ0v) is 8.64. The van der Waals surface area contributed by atoms with Crippen LogP contribution >= 0.6 is 27.5 Å². The largest absolute Gasteiger partial charge is 0.508 e. The van der Waals surface area contributed by atoms with Gasteiger partial charge in [0.1, 0.15) is 5.75 Å². The van der Waals surface area contributed by atoms with Crippen molar-refractivity contribution in [1.82, 2.24) is 0 Å². The SMILES string of the molecule is Oc1ccc(C=CCBr)c(Cl)c1. The topological polar surface area (TPSA) is 20.2 Å². The molecule has 0 spiro atoms. The number of aromatic hydroxyl groups is 1. The molecule has 1 rings (SSSR count). The van der Waals surface area contributed by atoms with E-state index in [0.29, 0.717) is 5.02 Å². The van der Waals surface area contributed by atoms with Crippen LogP contribution in [-0.2, 0) is 0 Å². The number of alkyl halides is 1. The molecule has 0 bridgehead atoms. The molecule has 1 aromatic carbocycles. The van der Waals surface area contributed by atoms with E-state index in [0.717, 1.165) is 10.9 Å². The minimum atomic E-state index is 0.191. The van der Waals surface area contributed by atoms with Gasteiger partial charge in [-0.2, -0.15) is 0 Å². The molecule has 0 aliphatic rings. The lowest BCUT2D eigenvalue weighted by Crippen LogP contribution is -1.74. The summed E-state index contributed by atoms with van der Waals surface area (Å²) in [6.07, 6.45) is 3.84. The van der Waals surface area contributed by atoms with E-state index in [1.165, 1.54) is 6.07 Å². The van der Waals surface area contributed by atoms with E-state index in [1.54, 1.807) is 12.1 Å². The number of phenolic OH excluding ortho intramolecular Hbond substituents is 1. The highest BCUT2D eigenvalue weighted by Crippen LogP contribution is 2.22. The van der Waals surface area contributed by atoms with Gasteiger partial charge in [0.25, 0.3) is 0 Å². The van der Waals surface area contributed by atoms with Crippen LogP contribution in [-0.4, -0.2) is 10.4 Å². The monoisotopic (exact) mass is 246 g/mol. The first kappa shape index (κ1) is 9.62. The third-order valence-corrected chi connectivity index (χ3v) is 2.07. The van der Waals surface area contributed by atoms with Crippen LogP contribution in [0.2, 0.25) is 5.02 Å². The Morgan fingerprint density at radius 2 is 2.25 bits per heavy atom. The fourth-order valence-corrected chi connectivity index (χ4v) is 1.25. The van der Waals surface area contributed by atoms with E-state index in [4.69, 9.17) is 16.7 Å². The molecule has 0 saturated heterocycles. The van der Waals surface area contributed by atoms with Gasteiger partial charge in [0.15, 0.2) is 0 Å². The number of phenols is 1. The number of halogens is 2. The molecule has 0 aliphatic heterocycles. The molecule has 0 aliphatic carbocycles. The van der Waals surface area contributed by atoms with E-state index >= 15 is 0 Å². The van der Waals surface area contributed by atoms with E-state index in [9.17, 15) is 0 Å². The van der Waals surface area contributed by atoms with E-state index in [-0.39, 0.29) is 5.75 Å². The first-order chi connectivity index (χ1) is 5.74. The van der Waals surface area contributed by atoms with Crippen molar-refractivity contribution < 1.29 is 5.11 Å². The maximum Gasteiger partial charge on any atom is 0.117 e. The Labute approximate surface area is 84.8 Å². The van der Waals surface area contributed by atoms with Gasteiger partial charge in [-0.05, 0) is 23.8 Å². The smallest absolute Gasteiger partial charge is 0.117 e. The molecule has 0 unspecified atom stereocenters. The number of rotatable bonds is 2. The molecule has 1 aromatic rings. The van der Waals surface area contributed by atoms with Gasteiger partial charge in [0.05, 0.1) is 5.02 Å². The van der Waals surface area contributed by atoms with Crippen LogP contribution in [0.4, 0.5) is 0 Å². The Hall–Kier alpha value is -0.470. The molecule has 1 N–H and O–H groups in total. The predicted octanol–water partition coefficient (Wildman–Crippen LogP) is 3.45. The summed E-state index contributed by atoms with van der Waals surface area (Å²) in [5, 5.41) is 10.4. The van der Waals surface area contributed by atoms with Crippen molar-refractivity contribution in [3.63, 3.8) is 0 Å². The molecule has 12 heavy (non-hydrogen) atoms. The van der Waals surface area contributed by atoms with Crippen molar-refractivity contribution in [2.24, 2.45) is 0 Å². The molecule has 0 radical (unpaired) electrons. The minimum Gasteiger partial charge on any atom is -0.508 e. The average molecular weight is 248 g/mol. The Bertz CT molecular complexity index is 297.